The molecule has 0 amide bonds. The average molecular weight is 186 g/mol. The second kappa shape index (κ2) is 6.35. The van der Waals surface area contributed by atoms with Crippen LogP contribution in [0.5, 0.6) is 0 Å². The van der Waals surface area contributed by atoms with Gasteiger partial charge in [-0.1, -0.05) is 13.3 Å². The molecule has 1 rings (SSSR count). The van der Waals surface area contributed by atoms with Crippen molar-refractivity contribution in [2.45, 2.75) is 32.2 Å². The molecule has 0 radical (unpaired) electrons. The number of rotatable bonds is 4. The smallest absolute Gasteiger partial charge is 0.0586 e. The Morgan fingerprint density at radius 3 is 2.92 bits per heavy atom. The second-order valence-corrected chi connectivity index (χ2v) is 3.76. The van der Waals surface area contributed by atoms with E-state index in [1.807, 2.05) is 0 Å². The van der Waals surface area contributed by atoms with Gasteiger partial charge in [0.2, 0.25) is 0 Å². The van der Waals surface area contributed by atoms with Crippen molar-refractivity contribution in [1.82, 2.24) is 10.2 Å². The van der Waals surface area contributed by atoms with Gasteiger partial charge in [0, 0.05) is 19.1 Å². The van der Waals surface area contributed by atoms with Crippen LogP contribution in [-0.4, -0.2) is 48.8 Å². The summed E-state index contributed by atoms with van der Waals surface area (Å²) in [6.45, 7) is 6.91. The highest BCUT2D eigenvalue weighted by molar-refractivity contribution is 4.74. The molecule has 0 aromatic heterocycles. The predicted molar refractivity (Wildman–Crippen MR) is 54.8 cm³/mol. The summed E-state index contributed by atoms with van der Waals surface area (Å²) in [4.78, 5) is 2.42. The first-order valence-corrected chi connectivity index (χ1v) is 5.44. The topological polar surface area (TPSA) is 35.5 Å². The molecule has 0 aromatic rings. The Morgan fingerprint density at radius 1 is 1.38 bits per heavy atom. The highest BCUT2D eigenvalue weighted by Gasteiger charge is 2.17. The molecule has 1 heterocycles. The van der Waals surface area contributed by atoms with Crippen molar-refractivity contribution in [1.29, 1.82) is 0 Å². The van der Waals surface area contributed by atoms with E-state index in [0.29, 0.717) is 12.6 Å². The van der Waals surface area contributed by atoms with Gasteiger partial charge in [0.25, 0.3) is 0 Å². The second-order valence-electron chi connectivity index (χ2n) is 3.76. The summed E-state index contributed by atoms with van der Waals surface area (Å²) in [5, 5.41) is 12.6. The molecular weight excluding hydrogens is 164 g/mol. The molecule has 0 aromatic carbocycles. The average Bonchev–Trinajstić information content (AvgIpc) is 2.42. The lowest BCUT2D eigenvalue weighted by Gasteiger charge is -2.28. The number of hydrogen-bond donors (Lipinski definition) is 2. The zero-order chi connectivity index (χ0) is 9.52. The van der Waals surface area contributed by atoms with Gasteiger partial charge in [-0.15, -0.1) is 0 Å². The van der Waals surface area contributed by atoms with Gasteiger partial charge in [0.1, 0.15) is 0 Å². The molecule has 1 aliphatic heterocycles. The molecule has 3 heteroatoms. The van der Waals surface area contributed by atoms with Crippen molar-refractivity contribution in [3.63, 3.8) is 0 Å². The third-order valence-corrected chi connectivity index (χ3v) is 2.72. The molecule has 1 unspecified atom stereocenters. The van der Waals surface area contributed by atoms with Gasteiger partial charge < -0.3 is 10.4 Å². The minimum absolute atomic E-state index is 0.313. The first-order valence-electron chi connectivity index (χ1n) is 5.44. The molecule has 78 valence electrons. The fraction of sp³-hybridized carbons (Fsp3) is 1.00. The van der Waals surface area contributed by atoms with Crippen LogP contribution in [0.15, 0.2) is 0 Å². The molecule has 13 heavy (non-hydrogen) atoms. The molecule has 0 spiro atoms. The fourth-order valence-corrected chi connectivity index (χ4v) is 1.95. The van der Waals surface area contributed by atoms with Gasteiger partial charge in [-0.05, 0) is 25.9 Å². The molecule has 1 fully saturated rings. The summed E-state index contributed by atoms with van der Waals surface area (Å²) >= 11 is 0. The number of aliphatic hydroxyl groups excluding tert-OH is 1. The zero-order valence-corrected chi connectivity index (χ0v) is 8.63. The predicted octanol–water partition coefficient (Wildman–Crippen LogP) is 0.443. The van der Waals surface area contributed by atoms with Crippen LogP contribution in [0.25, 0.3) is 0 Å². The quantitative estimate of drug-likeness (QED) is 0.669. The van der Waals surface area contributed by atoms with E-state index < -0.39 is 0 Å². The van der Waals surface area contributed by atoms with Gasteiger partial charge >= 0.3 is 0 Å². The zero-order valence-electron chi connectivity index (χ0n) is 8.63. The van der Waals surface area contributed by atoms with E-state index in [1.165, 1.54) is 6.42 Å². The first kappa shape index (κ1) is 11.0. The van der Waals surface area contributed by atoms with Crippen LogP contribution in [0, 0.1) is 0 Å². The van der Waals surface area contributed by atoms with E-state index in [2.05, 4.69) is 17.1 Å². The van der Waals surface area contributed by atoms with Crippen LogP contribution < -0.4 is 5.32 Å². The minimum Gasteiger partial charge on any atom is -0.395 e. The highest BCUT2D eigenvalue weighted by atomic mass is 16.3. The molecular formula is C10H22N2O. The number of nitrogens with zero attached hydrogens (tertiary/aromatic N) is 1. The first-order chi connectivity index (χ1) is 6.38. The normalized spacial score (nSPS) is 22.6. The fourth-order valence-electron chi connectivity index (χ4n) is 1.95. The van der Waals surface area contributed by atoms with Crippen LogP contribution in [0.1, 0.15) is 26.2 Å². The summed E-state index contributed by atoms with van der Waals surface area (Å²) in [7, 11) is 0. The Bertz CT molecular complexity index is 122. The van der Waals surface area contributed by atoms with Crippen LogP contribution >= 0.6 is 0 Å². The van der Waals surface area contributed by atoms with Gasteiger partial charge in [-0.3, -0.25) is 4.90 Å². The van der Waals surface area contributed by atoms with Crippen LogP contribution in [0.2, 0.25) is 0 Å². The lowest BCUT2D eigenvalue weighted by molar-refractivity contribution is 0.122. The van der Waals surface area contributed by atoms with Gasteiger partial charge in [-0.2, -0.15) is 0 Å². The maximum absolute atomic E-state index is 9.24. The Morgan fingerprint density at radius 2 is 2.23 bits per heavy atom. The van der Waals surface area contributed by atoms with Crippen molar-refractivity contribution >= 4 is 0 Å². The van der Waals surface area contributed by atoms with E-state index in [-0.39, 0.29) is 0 Å². The maximum atomic E-state index is 9.24. The summed E-state index contributed by atoms with van der Waals surface area (Å²) in [6, 6.07) is 0.393. The maximum Gasteiger partial charge on any atom is 0.0586 e. The molecule has 0 aliphatic carbocycles. The Hall–Kier alpha value is -0.120. The SMILES string of the molecule is CCCC(CO)N1CCCNCC1. The monoisotopic (exact) mass is 186 g/mol. The van der Waals surface area contributed by atoms with Crippen molar-refractivity contribution < 1.29 is 5.11 Å². The van der Waals surface area contributed by atoms with Crippen molar-refractivity contribution in [2.75, 3.05) is 32.8 Å². The minimum atomic E-state index is 0.313. The van der Waals surface area contributed by atoms with E-state index in [4.69, 9.17) is 0 Å². The van der Waals surface area contributed by atoms with Crippen LogP contribution in [0.3, 0.4) is 0 Å². The van der Waals surface area contributed by atoms with E-state index in [1.54, 1.807) is 0 Å². The highest BCUT2D eigenvalue weighted by Crippen LogP contribution is 2.08. The van der Waals surface area contributed by atoms with Crippen molar-refractivity contribution in [2.24, 2.45) is 0 Å². The Balaban J connectivity index is 2.35. The van der Waals surface area contributed by atoms with E-state index >= 15 is 0 Å². The van der Waals surface area contributed by atoms with Crippen LogP contribution in [-0.2, 0) is 0 Å². The summed E-state index contributed by atoms with van der Waals surface area (Å²) < 4.78 is 0. The Kier molecular flexibility index (Phi) is 5.35. The van der Waals surface area contributed by atoms with Crippen molar-refractivity contribution in [3.05, 3.63) is 0 Å². The van der Waals surface area contributed by atoms with Gasteiger partial charge in [-0.25, -0.2) is 0 Å². The Labute approximate surface area is 81.1 Å². The standard InChI is InChI=1S/C10H22N2O/c1-2-4-10(9-13)12-7-3-5-11-6-8-12/h10-11,13H,2-9H2,1H3. The molecule has 1 aliphatic rings. The largest absolute Gasteiger partial charge is 0.395 e. The van der Waals surface area contributed by atoms with E-state index in [9.17, 15) is 5.11 Å². The molecule has 1 saturated heterocycles. The van der Waals surface area contributed by atoms with Gasteiger partial charge in [0.15, 0.2) is 0 Å². The third-order valence-electron chi connectivity index (χ3n) is 2.72. The molecule has 3 nitrogen and oxygen atoms in total. The number of aliphatic hydroxyl groups is 1. The number of hydrogen-bond acceptors (Lipinski definition) is 3. The molecule has 0 bridgehead atoms. The summed E-state index contributed by atoms with van der Waals surface area (Å²) in [5.74, 6) is 0. The summed E-state index contributed by atoms with van der Waals surface area (Å²) in [6.07, 6.45) is 3.49. The van der Waals surface area contributed by atoms with Crippen molar-refractivity contribution in [3.8, 4) is 0 Å². The van der Waals surface area contributed by atoms with E-state index in [0.717, 1.165) is 39.0 Å². The number of nitrogens with one attached hydrogen (secondary N) is 1. The molecule has 0 saturated carbocycles. The molecule has 1 atom stereocenters. The van der Waals surface area contributed by atoms with Crippen LogP contribution in [0.4, 0.5) is 0 Å². The summed E-state index contributed by atoms with van der Waals surface area (Å²) in [5.41, 5.74) is 0. The molecule has 2 N–H and O–H groups in total. The lowest BCUT2D eigenvalue weighted by atomic mass is 10.1. The van der Waals surface area contributed by atoms with Gasteiger partial charge in [0.05, 0.1) is 6.61 Å². The lowest BCUT2D eigenvalue weighted by Crippen LogP contribution is -2.40. The third kappa shape index (κ3) is 3.63.